The first-order chi connectivity index (χ1) is 7.04. The van der Waals surface area contributed by atoms with Gasteiger partial charge in [-0.3, -0.25) is 4.79 Å². The molecule has 0 fully saturated rings. The highest BCUT2D eigenvalue weighted by molar-refractivity contribution is 5.74. The summed E-state index contributed by atoms with van der Waals surface area (Å²) in [6.45, 7) is 4.08. The van der Waals surface area contributed by atoms with Gasteiger partial charge in [0, 0.05) is 12.5 Å². The molecule has 15 heavy (non-hydrogen) atoms. The van der Waals surface area contributed by atoms with E-state index in [0.717, 1.165) is 5.56 Å². The lowest BCUT2D eigenvalue weighted by Gasteiger charge is -2.17. The first-order valence-electron chi connectivity index (χ1n) is 5.07. The van der Waals surface area contributed by atoms with Gasteiger partial charge in [-0.25, -0.2) is 0 Å². The van der Waals surface area contributed by atoms with Crippen LogP contribution in [0, 0.1) is 13.8 Å². The van der Waals surface area contributed by atoms with E-state index in [1.54, 1.807) is 0 Å². The van der Waals surface area contributed by atoms with Crippen LogP contribution in [0.15, 0.2) is 18.2 Å². The number of benzene rings is 1. The molecule has 0 saturated carbocycles. The standard InChI is InChI=1S/C12H18N2O/c1-8-4-5-9(2)10(6-8)11(14-3)7-12(13)15/h4-6,11,14H,7H2,1-3H3,(H2,13,15). The van der Waals surface area contributed by atoms with Crippen molar-refractivity contribution in [2.75, 3.05) is 7.05 Å². The predicted octanol–water partition coefficient (Wildman–Crippen LogP) is 1.44. The Hall–Kier alpha value is -1.35. The zero-order chi connectivity index (χ0) is 11.4. The van der Waals surface area contributed by atoms with Crippen LogP contribution < -0.4 is 11.1 Å². The SMILES string of the molecule is CNC(CC(N)=O)c1cc(C)ccc1C. The van der Waals surface area contributed by atoms with Gasteiger partial charge < -0.3 is 11.1 Å². The van der Waals surface area contributed by atoms with Crippen LogP contribution in [-0.4, -0.2) is 13.0 Å². The number of hydrogen-bond donors (Lipinski definition) is 2. The quantitative estimate of drug-likeness (QED) is 0.783. The maximum Gasteiger partial charge on any atom is 0.219 e. The molecule has 1 aromatic carbocycles. The van der Waals surface area contributed by atoms with E-state index >= 15 is 0 Å². The molecule has 1 amide bonds. The molecule has 0 aliphatic rings. The Morgan fingerprint density at radius 2 is 2.13 bits per heavy atom. The Bertz CT molecular complexity index is 361. The number of rotatable bonds is 4. The summed E-state index contributed by atoms with van der Waals surface area (Å²) in [4.78, 5) is 10.9. The third kappa shape index (κ3) is 3.06. The Labute approximate surface area is 90.7 Å². The molecule has 0 heterocycles. The van der Waals surface area contributed by atoms with Gasteiger partial charge in [0.25, 0.3) is 0 Å². The zero-order valence-electron chi connectivity index (χ0n) is 9.50. The Balaban J connectivity index is 3.00. The maximum atomic E-state index is 10.9. The van der Waals surface area contributed by atoms with Gasteiger partial charge in [0.1, 0.15) is 0 Å². The molecule has 3 heteroatoms. The van der Waals surface area contributed by atoms with Crippen molar-refractivity contribution in [3.8, 4) is 0 Å². The molecule has 0 saturated heterocycles. The highest BCUT2D eigenvalue weighted by atomic mass is 16.1. The fraction of sp³-hybridized carbons (Fsp3) is 0.417. The minimum atomic E-state index is -0.282. The second-order valence-electron chi connectivity index (χ2n) is 3.87. The third-order valence-electron chi connectivity index (χ3n) is 2.56. The number of carbonyl (C=O) groups is 1. The summed E-state index contributed by atoms with van der Waals surface area (Å²) in [5, 5.41) is 3.12. The second-order valence-corrected chi connectivity index (χ2v) is 3.87. The topological polar surface area (TPSA) is 55.1 Å². The van der Waals surface area contributed by atoms with Crippen molar-refractivity contribution in [3.05, 3.63) is 34.9 Å². The molecule has 0 aliphatic carbocycles. The normalized spacial score (nSPS) is 12.5. The van der Waals surface area contributed by atoms with E-state index in [1.165, 1.54) is 11.1 Å². The Kier molecular flexibility index (Phi) is 3.86. The van der Waals surface area contributed by atoms with Crippen molar-refractivity contribution < 1.29 is 4.79 Å². The van der Waals surface area contributed by atoms with Crippen LogP contribution in [0.1, 0.15) is 29.2 Å². The summed E-state index contributed by atoms with van der Waals surface area (Å²) in [6.07, 6.45) is 0.334. The molecule has 0 aromatic heterocycles. The fourth-order valence-electron chi connectivity index (χ4n) is 1.70. The number of aryl methyl sites for hydroxylation is 2. The molecule has 0 bridgehead atoms. The summed E-state index contributed by atoms with van der Waals surface area (Å²) >= 11 is 0. The average molecular weight is 206 g/mol. The van der Waals surface area contributed by atoms with Gasteiger partial charge in [0.05, 0.1) is 0 Å². The second kappa shape index (κ2) is 4.94. The number of primary amides is 1. The molecule has 0 aliphatic heterocycles. The van der Waals surface area contributed by atoms with Gasteiger partial charge in [0.2, 0.25) is 5.91 Å². The van der Waals surface area contributed by atoms with E-state index < -0.39 is 0 Å². The van der Waals surface area contributed by atoms with Crippen LogP contribution >= 0.6 is 0 Å². The van der Waals surface area contributed by atoms with E-state index in [2.05, 4.69) is 23.5 Å². The molecular formula is C12H18N2O. The summed E-state index contributed by atoms with van der Waals surface area (Å²) in [7, 11) is 1.84. The highest BCUT2D eigenvalue weighted by Gasteiger charge is 2.14. The Morgan fingerprint density at radius 3 is 2.67 bits per heavy atom. The van der Waals surface area contributed by atoms with Crippen LogP contribution in [-0.2, 0) is 4.79 Å². The van der Waals surface area contributed by atoms with Gasteiger partial charge in [-0.15, -0.1) is 0 Å². The molecule has 3 N–H and O–H groups in total. The minimum Gasteiger partial charge on any atom is -0.370 e. The number of hydrogen-bond acceptors (Lipinski definition) is 2. The van der Waals surface area contributed by atoms with Crippen LogP contribution in [0.5, 0.6) is 0 Å². The summed E-state index contributed by atoms with van der Waals surface area (Å²) in [5.41, 5.74) is 8.74. The smallest absolute Gasteiger partial charge is 0.219 e. The van der Waals surface area contributed by atoms with Crippen LogP contribution in [0.4, 0.5) is 0 Å². The zero-order valence-corrected chi connectivity index (χ0v) is 9.50. The molecule has 3 nitrogen and oxygen atoms in total. The third-order valence-corrected chi connectivity index (χ3v) is 2.56. The first-order valence-corrected chi connectivity index (χ1v) is 5.07. The number of amides is 1. The summed E-state index contributed by atoms with van der Waals surface area (Å²) in [5.74, 6) is -0.282. The molecular weight excluding hydrogens is 188 g/mol. The van der Waals surface area contributed by atoms with Crippen molar-refractivity contribution in [3.63, 3.8) is 0 Å². The van der Waals surface area contributed by atoms with E-state index in [1.807, 2.05) is 20.9 Å². The van der Waals surface area contributed by atoms with Gasteiger partial charge in [-0.2, -0.15) is 0 Å². The van der Waals surface area contributed by atoms with E-state index in [-0.39, 0.29) is 11.9 Å². The van der Waals surface area contributed by atoms with Crippen molar-refractivity contribution in [1.82, 2.24) is 5.32 Å². The molecule has 1 unspecified atom stereocenters. The lowest BCUT2D eigenvalue weighted by molar-refractivity contribution is -0.118. The summed E-state index contributed by atoms with van der Waals surface area (Å²) < 4.78 is 0. The monoisotopic (exact) mass is 206 g/mol. The van der Waals surface area contributed by atoms with Gasteiger partial charge in [0.15, 0.2) is 0 Å². The van der Waals surface area contributed by atoms with Gasteiger partial charge >= 0.3 is 0 Å². The molecule has 1 aromatic rings. The number of nitrogens with two attached hydrogens (primary N) is 1. The molecule has 1 atom stereocenters. The molecule has 0 radical (unpaired) electrons. The van der Waals surface area contributed by atoms with E-state index in [9.17, 15) is 4.79 Å². The summed E-state index contributed by atoms with van der Waals surface area (Å²) in [6, 6.07) is 6.24. The minimum absolute atomic E-state index is 0.0161. The lowest BCUT2D eigenvalue weighted by atomic mass is 9.97. The van der Waals surface area contributed by atoms with Crippen LogP contribution in [0.3, 0.4) is 0 Å². The van der Waals surface area contributed by atoms with Gasteiger partial charge in [-0.1, -0.05) is 23.8 Å². The molecule has 82 valence electrons. The van der Waals surface area contributed by atoms with Crippen molar-refractivity contribution >= 4 is 5.91 Å². The van der Waals surface area contributed by atoms with Crippen LogP contribution in [0.25, 0.3) is 0 Å². The Morgan fingerprint density at radius 1 is 1.47 bits per heavy atom. The van der Waals surface area contributed by atoms with Crippen molar-refractivity contribution in [1.29, 1.82) is 0 Å². The molecule has 0 spiro atoms. The largest absolute Gasteiger partial charge is 0.370 e. The lowest BCUT2D eigenvalue weighted by Crippen LogP contribution is -2.24. The average Bonchev–Trinajstić information content (AvgIpc) is 2.18. The van der Waals surface area contributed by atoms with Crippen molar-refractivity contribution in [2.45, 2.75) is 26.3 Å². The maximum absolute atomic E-state index is 10.9. The molecule has 1 rings (SSSR count). The fourth-order valence-corrected chi connectivity index (χ4v) is 1.70. The van der Waals surface area contributed by atoms with E-state index in [4.69, 9.17) is 5.73 Å². The van der Waals surface area contributed by atoms with Gasteiger partial charge in [-0.05, 0) is 32.0 Å². The first kappa shape index (κ1) is 11.7. The predicted molar refractivity (Wildman–Crippen MR) is 61.5 cm³/mol. The van der Waals surface area contributed by atoms with E-state index in [0.29, 0.717) is 6.42 Å². The van der Waals surface area contributed by atoms with Crippen molar-refractivity contribution in [2.24, 2.45) is 5.73 Å². The number of carbonyl (C=O) groups excluding carboxylic acids is 1. The van der Waals surface area contributed by atoms with Crippen LogP contribution in [0.2, 0.25) is 0 Å². The number of nitrogens with one attached hydrogen (secondary N) is 1. The highest BCUT2D eigenvalue weighted by Crippen LogP contribution is 2.21.